The first kappa shape index (κ1) is 23.2. The molecule has 0 amide bonds. The van der Waals surface area contributed by atoms with Crippen LogP contribution in [0.2, 0.25) is 0 Å². The third-order valence-corrected chi connectivity index (χ3v) is 5.79. The van der Waals surface area contributed by atoms with Crippen LogP contribution in [-0.2, 0) is 6.54 Å². The van der Waals surface area contributed by atoms with Crippen molar-refractivity contribution < 1.29 is 13.2 Å². The van der Waals surface area contributed by atoms with Crippen molar-refractivity contribution in [2.24, 2.45) is 10.9 Å². The number of likely N-dealkylation sites (tertiary alicyclic amines) is 1. The van der Waals surface area contributed by atoms with Crippen molar-refractivity contribution >= 4 is 5.96 Å². The molecular formula is C23H33F2N5O. The maximum atomic E-state index is 13.5. The minimum Gasteiger partial charge on any atom is -0.444 e. The Labute approximate surface area is 183 Å². The number of hydrogen-bond donors (Lipinski definition) is 2. The van der Waals surface area contributed by atoms with Gasteiger partial charge in [0.15, 0.2) is 17.6 Å². The number of guanidine groups is 1. The number of aromatic nitrogens is 1. The summed E-state index contributed by atoms with van der Waals surface area (Å²) in [6, 6.07) is 3.78. The minimum atomic E-state index is -0.838. The molecule has 1 aliphatic rings. The zero-order chi connectivity index (χ0) is 22.4. The lowest BCUT2D eigenvalue weighted by atomic mass is 9.97. The Bertz CT molecular complexity index is 871. The Hall–Kier alpha value is -2.48. The summed E-state index contributed by atoms with van der Waals surface area (Å²) in [5.74, 6) is 1.20. The highest BCUT2D eigenvalue weighted by Crippen LogP contribution is 2.20. The molecule has 0 bridgehead atoms. The molecule has 2 aromatic rings. The van der Waals surface area contributed by atoms with Crippen molar-refractivity contribution in [1.29, 1.82) is 0 Å². The Morgan fingerprint density at radius 1 is 1.26 bits per heavy atom. The number of nitrogens with one attached hydrogen (secondary N) is 2. The molecule has 170 valence electrons. The van der Waals surface area contributed by atoms with Crippen LogP contribution in [0.25, 0.3) is 0 Å². The Balaban J connectivity index is 1.50. The summed E-state index contributed by atoms with van der Waals surface area (Å²) in [5, 5.41) is 6.53. The van der Waals surface area contributed by atoms with Crippen LogP contribution in [0.15, 0.2) is 27.6 Å². The fourth-order valence-corrected chi connectivity index (χ4v) is 3.74. The molecule has 31 heavy (non-hydrogen) atoms. The molecule has 2 N–H and O–H groups in total. The van der Waals surface area contributed by atoms with Gasteiger partial charge in [-0.15, -0.1) is 0 Å². The van der Waals surface area contributed by atoms with Crippen LogP contribution in [-0.4, -0.2) is 42.0 Å². The highest BCUT2D eigenvalue weighted by Gasteiger charge is 2.21. The van der Waals surface area contributed by atoms with E-state index in [4.69, 9.17) is 9.41 Å². The van der Waals surface area contributed by atoms with Gasteiger partial charge in [0, 0.05) is 13.1 Å². The zero-order valence-corrected chi connectivity index (χ0v) is 18.8. The van der Waals surface area contributed by atoms with E-state index in [2.05, 4.69) is 20.5 Å². The number of aliphatic imine (C=N–C) groups is 1. The topological polar surface area (TPSA) is 65.7 Å². The second kappa shape index (κ2) is 10.7. The molecule has 0 aliphatic carbocycles. The first-order valence-corrected chi connectivity index (χ1v) is 11.0. The van der Waals surface area contributed by atoms with Crippen molar-refractivity contribution in [3.8, 4) is 0 Å². The van der Waals surface area contributed by atoms with E-state index in [1.54, 1.807) is 6.07 Å². The number of piperidine rings is 1. The van der Waals surface area contributed by atoms with E-state index in [1.807, 2.05) is 27.7 Å². The number of halogens is 2. The molecule has 6 nitrogen and oxygen atoms in total. The molecule has 0 saturated carbocycles. The predicted octanol–water partition coefficient (Wildman–Crippen LogP) is 4.10. The van der Waals surface area contributed by atoms with Gasteiger partial charge >= 0.3 is 0 Å². The van der Waals surface area contributed by atoms with E-state index >= 15 is 0 Å². The van der Waals surface area contributed by atoms with Crippen molar-refractivity contribution in [3.63, 3.8) is 0 Å². The highest BCUT2D eigenvalue weighted by molar-refractivity contribution is 5.80. The number of benzene rings is 1. The van der Waals surface area contributed by atoms with Crippen LogP contribution in [0.3, 0.4) is 0 Å². The quantitative estimate of drug-likeness (QED) is 0.508. The molecule has 1 saturated heterocycles. The monoisotopic (exact) mass is 433 g/mol. The van der Waals surface area contributed by atoms with Gasteiger partial charge in [0.25, 0.3) is 0 Å². The molecule has 1 aliphatic heterocycles. The van der Waals surface area contributed by atoms with E-state index in [0.29, 0.717) is 17.4 Å². The number of hydrogen-bond acceptors (Lipinski definition) is 4. The summed E-state index contributed by atoms with van der Waals surface area (Å²) < 4.78 is 32.4. The normalized spacial score (nSPS) is 17.0. The molecule has 1 atom stereocenters. The smallest absolute Gasteiger partial charge is 0.208 e. The molecule has 8 heteroatoms. The number of aryl methyl sites for hydroxylation is 2. The molecule has 0 radical (unpaired) electrons. The lowest BCUT2D eigenvalue weighted by molar-refractivity contribution is 0.166. The number of rotatable bonds is 7. The van der Waals surface area contributed by atoms with Crippen LogP contribution in [0.4, 0.5) is 8.78 Å². The standard InChI is InChI=1S/C23H33F2N5O/c1-5-26-23(29-16(3)19-6-7-20(24)21(25)12-19)27-13-18-8-10-30(11-9-18)14-22-28-15(2)17(4)31-22/h6-7,12,16,18H,5,8-11,13-14H2,1-4H3,(H2,26,27,29). The van der Waals surface area contributed by atoms with Gasteiger partial charge in [0.05, 0.1) is 18.3 Å². The van der Waals surface area contributed by atoms with Gasteiger partial charge in [-0.1, -0.05) is 6.07 Å². The van der Waals surface area contributed by atoms with Crippen LogP contribution >= 0.6 is 0 Å². The molecule has 1 unspecified atom stereocenters. The first-order chi connectivity index (χ1) is 14.9. The first-order valence-electron chi connectivity index (χ1n) is 11.0. The fraction of sp³-hybridized carbons (Fsp3) is 0.565. The molecule has 1 aromatic carbocycles. The lowest BCUT2D eigenvalue weighted by Gasteiger charge is -2.30. The van der Waals surface area contributed by atoms with Gasteiger partial charge < -0.3 is 15.1 Å². The van der Waals surface area contributed by atoms with E-state index in [0.717, 1.165) is 69.0 Å². The molecule has 1 fully saturated rings. The summed E-state index contributed by atoms with van der Waals surface area (Å²) >= 11 is 0. The van der Waals surface area contributed by atoms with Crippen LogP contribution < -0.4 is 10.6 Å². The van der Waals surface area contributed by atoms with Gasteiger partial charge in [-0.05, 0) is 77.2 Å². The Kier molecular flexibility index (Phi) is 8.01. The second-order valence-electron chi connectivity index (χ2n) is 8.23. The van der Waals surface area contributed by atoms with Crippen LogP contribution in [0.1, 0.15) is 55.6 Å². The van der Waals surface area contributed by atoms with Crippen molar-refractivity contribution in [1.82, 2.24) is 20.5 Å². The summed E-state index contributed by atoms with van der Waals surface area (Å²) in [6.45, 7) is 12.0. The van der Waals surface area contributed by atoms with Gasteiger partial charge in [0.1, 0.15) is 5.76 Å². The number of oxazole rings is 1. The molecule has 2 heterocycles. The molecule has 0 spiro atoms. The predicted molar refractivity (Wildman–Crippen MR) is 118 cm³/mol. The van der Waals surface area contributed by atoms with Gasteiger partial charge in [0.2, 0.25) is 5.89 Å². The van der Waals surface area contributed by atoms with E-state index in [-0.39, 0.29) is 6.04 Å². The fourth-order valence-electron chi connectivity index (χ4n) is 3.74. The van der Waals surface area contributed by atoms with E-state index in [9.17, 15) is 8.78 Å². The molecule has 3 rings (SSSR count). The highest BCUT2D eigenvalue weighted by atomic mass is 19.2. The van der Waals surface area contributed by atoms with Crippen molar-refractivity contribution in [3.05, 3.63) is 52.7 Å². The van der Waals surface area contributed by atoms with Crippen LogP contribution in [0.5, 0.6) is 0 Å². The lowest BCUT2D eigenvalue weighted by Crippen LogP contribution is -2.39. The SMILES string of the molecule is CCNC(=NCC1CCN(Cc2nc(C)c(C)o2)CC1)NC(C)c1ccc(F)c(F)c1. The summed E-state index contributed by atoms with van der Waals surface area (Å²) in [7, 11) is 0. The largest absolute Gasteiger partial charge is 0.444 e. The third-order valence-electron chi connectivity index (χ3n) is 5.79. The van der Waals surface area contributed by atoms with Gasteiger partial charge in [-0.2, -0.15) is 0 Å². The van der Waals surface area contributed by atoms with E-state index < -0.39 is 11.6 Å². The molecule has 1 aromatic heterocycles. The van der Waals surface area contributed by atoms with Crippen molar-refractivity contribution in [2.75, 3.05) is 26.2 Å². The van der Waals surface area contributed by atoms with Gasteiger partial charge in [-0.25, -0.2) is 13.8 Å². The summed E-state index contributed by atoms with van der Waals surface area (Å²) in [5.41, 5.74) is 1.63. The zero-order valence-electron chi connectivity index (χ0n) is 18.8. The van der Waals surface area contributed by atoms with E-state index in [1.165, 1.54) is 6.07 Å². The Morgan fingerprint density at radius 3 is 2.61 bits per heavy atom. The minimum absolute atomic E-state index is 0.192. The maximum Gasteiger partial charge on any atom is 0.208 e. The number of nitrogens with zero attached hydrogens (tertiary/aromatic N) is 3. The third kappa shape index (κ3) is 6.50. The second-order valence-corrected chi connectivity index (χ2v) is 8.23. The average molecular weight is 434 g/mol. The summed E-state index contributed by atoms with van der Waals surface area (Å²) in [4.78, 5) is 11.6. The average Bonchev–Trinajstić information content (AvgIpc) is 3.06. The van der Waals surface area contributed by atoms with Crippen molar-refractivity contribution in [2.45, 2.75) is 53.1 Å². The maximum absolute atomic E-state index is 13.5. The summed E-state index contributed by atoms with van der Waals surface area (Å²) in [6.07, 6.45) is 2.14. The van der Waals surface area contributed by atoms with Gasteiger partial charge in [-0.3, -0.25) is 9.89 Å². The Morgan fingerprint density at radius 2 is 2.00 bits per heavy atom. The van der Waals surface area contributed by atoms with Crippen LogP contribution in [0, 0.1) is 31.4 Å². The molecular weight excluding hydrogens is 400 g/mol.